The highest BCUT2D eigenvalue weighted by Gasteiger charge is 2.06. The zero-order chi connectivity index (χ0) is 41.8. The lowest BCUT2D eigenvalue weighted by atomic mass is 9.95. The predicted octanol–water partition coefficient (Wildman–Crippen LogP) is 17.4. The molecule has 0 fully saturated rings. The minimum atomic E-state index is 1.12. The van der Waals surface area contributed by atoms with Crippen LogP contribution in [0.4, 0.5) is 0 Å². The molecule has 0 atom stereocenters. The summed E-state index contributed by atoms with van der Waals surface area (Å²) in [6.45, 7) is 0. The molecule has 2 aliphatic carbocycles. The number of benzene rings is 11. The SMILES string of the molecule is C1=CCC=CC1.C1=CCc2ccccc2C1.c1ccc2c(c1)c1ccccc1c1ccccc21.c1ccc2c(c1)ccc1ccccc12.c1ccc2c(c1)ccc1ccccc12. The fourth-order valence-electron chi connectivity index (χ4n) is 8.69. The molecular weight excluding hydrogens is 745 g/mol. The van der Waals surface area contributed by atoms with Crippen molar-refractivity contribution in [3.8, 4) is 0 Å². The number of hydrogen-bond acceptors (Lipinski definition) is 0. The van der Waals surface area contributed by atoms with Gasteiger partial charge in [0.2, 0.25) is 0 Å². The maximum absolute atomic E-state index is 2.24. The van der Waals surface area contributed by atoms with Crippen LogP contribution in [0.25, 0.3) is 75.4 Å². The molecule has 0 radical (unpaired) electrons. The van der Waals surface area contributed by atoms with Crippen molar-refractivity contribution < 1.29 is 0 Å². The number of fused-ring (bicyclic) bond motifs is 13. The molecule has 0 heteroatoms. The van der Waals surface area contributed by atoms with Crippen LogP contribution < -0.4 is 0 Å². The van der Waals surface area contributed by atoms with Gasteiger partial charge in [0, 0.05) is 0 Å². The van der Waals surface area contributed by atoms with Crippen LogP contribution in [0, 0.1) is 0 Å². The Balaban J connectivity index is 0.000000102. The van der Waals surface area contributed by atoms with E-state index in [1.165, 1.54) is 86.5 Å². The molecule has 13 rings (SSSR count). The molecule has 0 aliphatic heterocycles. The van der Waals surface area contributed by atoms with Gasteiger partial charge in [0.15, 0.2) is 0 Å². The molecule has 2 aliphatic rings. The summed E-state index contributed by atoms with van der Waals surface area (Å²) in [6, 6.07) is 77.3. The Kier molecular flexibility index (Phi) is 12.7. The molecule has 0 nitrogen and oxygen atoms in total. The molecule has 11 aromatic carbocycles. The average Bonchev–Trinajstić information content (AvgIpc) is 3.38. The maximum Gasteiger partial charge on any atom is -0.00945 e. The zero-order valence-corrected chi connectivity index (χ0v) is 35.1. The standard InChI is InChI=1S/C18H12.2C14H10.C10H10.C6H8/c1-2-8-14-13(7-1)15-9-3-4-11-17(15)18-12-6-5-10-16(14)18;2*1-3-7-13-11(5-1)9-10-12-6-2-4-8-14(12)13;1-2-6-10-8-4-3-7-9(10)5-1;1-2-4-6-5-3-1/h1-12H;2*1-10H;1-6H,7-8H2;1-2,5-6H,3-4H2. The van der Waals surface area contributed by atoms with E-state index in [0.29, 0.717) is 0 Å². The second kappa shape index (κ2) is 19.7. The Morgan fingerprint density at radius 1 is 0.177 bits per heavy atom. The average molecular weight is 795 g/mol. The van der Waals surface area contributed by atoms with Crippen LogP contribution in [-0.2, 0) is 12.8 Å². The first-order chi connectivity index (χ1) is 30.8. The van der Waals surface area contributed by atoms with Crippen LogP contribution in [0.3, 0.4) is 0 Å². The van der Waals surface area contributed by atoms with Gasteiger partial charge in [-0.1, -0.05) is 255 Å². The molecule has 0 aromatic heterocycles. The quantitative estimate of drug-likeness (QED) is 0.106. The lowest BCUT2D eigenvalue weighted by Gasteiger charge is -2.09. The second-order valence-electron chi connectivity index (χ2n) is 15.7. The maximum atomic E-state index is 2.24. The van der Waals surface area contributed by atoms with E-state index in [9.17, 15) is 0 Å². The van der Waals surface area contributed by atoms with E-state index in [-0.39, 0.29) is 0 Å². The van der Waals surface area contributed by atoms with E-state index >= 15 is 0 Å². The second-order valence-corrected chi connectivity index (χ2v) is 15.7. The molecule has 11 aromatic rings. The van der Waals surface area contributed by atoms with Crippen LogP contribution in [0.2, 0.25) is 0 Å². The summed E-state index contributed by atoms with van der Waals surface area (Å²) < 4.78 is 0. The lowest BCUT2D eigenvalue weighted by molar-refractivity contribution is 1.09. The van der Waals surface area contributed by atoms with Gasteiger partial charge in [0.1, 0.15) is 0 Å². The topological polar surface area (TPSA) is 0 Å². The summed E-state index contributed by atoms with van der Waals surface area (Å²) in [5.41, 5.74) is 2.98. The number of allylic oxidation sites excluding steroid dienone is 6. The van der Waals surface area contributed by atoms with Crippen molar-refractivity contribution in [3.05, 3.63) is 266 Å². The molecule has 0 spiro atoms. The first-order valence-corrected chi connectivity index (χ1v) is 21.8. The monoisotopic (exact) mass is 794 g/mol. The highest BCUT2D eigenvalue weighted by atomic mass is 14.1. The number of rotatable bonds is 0. The molecule has 0 amide bonds. The molecule has 62 heavy (non-hydrogen) atoms. The van der Waals surface area contributed by atoms with E-state index in [1.54, 1.807) is 0 Å². The summed E-state index contributed by atoms with van der Waals surface area (Å²) in [5.74, 6) is 0. The highest BCUT2D eigenvalue weighted by Crippen LogP contribution is 2.34. The van der Waals surface area contributed by atoms with Gasteiger partial charge < -0.3 is 0 Å². The molecule has 0 heterocycles. The predicted molar refractivity (Wildman–Crippen MR) is 272 cm³/mol. The molecule has 0 bridgehead atoms. The molecule has 0 unspecified atom stereocenters. The van der Waals surface area contributed by atoms with Gasteiger partial charge in [-0.2, -0.15) is 0 Å². The van der Waals surface area contributed by atoms with Crippen LogP contribution in [0.5, 0.6) is 0 Å². The van der Waals surface area contributed by atoms with Gasteiger partial charge in [0.05, 0.1) is 0 Å². The van der Waals surface area contributed by atoms with E-state index in [1.807, 2.05) is 0 Å². The van der Waals surface area contributed by atoms with E-state index < -0.39 is 0 Å². The fraction of sp³-hybridized carbons (Fsp3) is 0.0645. The Labute approximate surface area is 365 Å². The van der Waals surface area contributed by atoms with Gasteiger partial charge in [-0.15, -0.1) is 0 Å². The summed E-state index contributed by atoms with van der Waals surface area (Å²) in [7, 11) is 0. The van der Waals surface area contributed by atoms with Crippen molar-refractivity contribution >= 4 is 75.4 Å². The van der Waals surface area contributed by atoms with Crippen molar-refractivity contribution in [1.29, 1.82) is 0 Å². The first-order valence-electron chi connectivity index (χ1n) is 21.8. The third kappa shape index (κ3) is 9.11. The lowest BCUT2D eigenvalue weighted by Crippen LogP contribution is -1.95. The normalized spacial score (nSPS) is 12.4. The summed E-state index contributed by atoms with van der Waals surface area (Å²) >= 11 is 0. The molecular formula is C62H50. The van der Waals surface area contributed by atoms with E-state index in [4.69, 9.17) is 0 Å². The van der Waals surface area contributed by atoms with Crippen molar-refractivity contribution in [2.75, 3.05) is 0 Å². The minimum Gasteiger partial charge on any atom is -0.0844 e. The van der Waals surface area contributed by atoms with Gasteiger partial charge in [-0.3, -0.25) is 0 Å². The Morgan fingerprint density at radius 3 is 0.629 bits per heavy atom. The van der Waals surface area contributed by atoms with Crippen molar-refractivity contribution in [2.45, 2.75) is 25.7 Å². The summed E-state index contributed by atoms with van der Waals surface area (Å²) in [6.07, 6.45) is 17.7. The molecule has 0 saturated carbocycles. The Bertz CT molecular complexity index is 2870. The molecule has 298 valence electrons. The number of hydrogen-bond donors (Lipinski definition) is 0. The van der Waals surface area contributed by atoms with Crippen LogP contribution >= 0.6 is 0 Å². The highest BCUT2D eigenvalue weighted by molar-refractivity contribution is 6.25. The van der Waals surface area contributed by atoms with Crippen molar-refractivity contribution in [2.24, 2.45) is 0 Å². The van der Waals surface area contributed by atoms with Gasteiger partial charge in [-0.05, 0) is 112 Å². The third-order valence-corrected chi connectivity index (χ3v) is 11.8. The largest absolute Gasteiger partial charge is 0.0844 e. The first kappa shape index (κ1) is 39.9. The van der Waals surface area contributed by atoms with Gasteiger partial charge in [-0.25, -0.2) is 0 Å². The van der Waals surface area contributed by atoms with E-state index in [0.717, 1.165) is 25.7 Å². The van der Waals surface area contributed by atoms with E-state index in [2.05, 4.69) is 255 Å². The smallest absolute Gasteiger partial charge is 0.00945 e. The molecule has 0 saturated heterocycles. The third-order valence-electron chi connectivity index (χ3n) is 11.8. The van der Waals surface area contributed by atoms with Crippen LogP contribution in [-0.4, -0.2) is 0 Å². The van der Waals surface area contributed by atoms with Crippen LogP contribution in [0.1, 0.15) is 24.0 Å². The summed E-state index contributed by atoms with van der Waals surface area (Å²) in [4.78, 5) is 0. The van der Waals surface area contributed by atoms with Gasteiger partial charge in [0.25, 0.3) is 0 Å². The van der Waals surface area contributed by atoms with Crippen molar-refractivity contribution in [1.82, 2.24) is 0 Å². The molecule has 0 N–H and O–H groups in total. The summed E-state index contributed by atoms with van der Waals surface area (Å²) in [5, 5.41) is 18.6. The Morgan fingerprint density at radius 2 is 0.387 bits per heavy atom. The fourth-order valence-corrected chi connectivity index (χ4v) is 8.69. The van der Waals surface area contributed by atoms with Crippen molar-refractivity contribution in [3.63, 3.8) is 0 Å². The zero-order valence-electron chi connectivity index (χ0n) is 35.1. The minimum absolute atomic E-state index is 1.12. The Hall–Kier alpha value is -7.54. The van der Waals surface area contributed by atoms with Crippen LogP contribution in [0.15, 0.2) is 255 Å². The van der Waals surface area contributed by atoms with Gasteiger partial charge >= 0.3 is 0 Å².